The van der Waals surface area contributed by atoms with Crippen LogP contribution in [0.15, 0.2) is 0 Å². The minimum absolute atomic E-state index is 0.0747. The van der Waals surface area contributed by atoms with Crippen molar-refractivity contribution in [3.8, 4) is 0 Å². The Morgan fingerprint density at radius 3 is 2.62 bits per heavy atom. The first-order chi connectivity index (χ1) is 6.07. The molecule has 13 heavy (non-hydrogen) atoms. The van der Waals surface area contributed by atoms with E-state index in [1.807, 2.05) is 13.8 Å². The molecule has 0 aromatic carbocycles. The molecule has 0 aliphatic heterocycles. The maximum absolute atomic E-state index is 10.5. The molecule has 0 saturated heterocycles. The molecule has 0 aromatic rings. The summed E-state index contributed by atoms with van der Waals surface area (Å²) in [5.41, 5.74) is 0. The van der Waals surface area contributed by atoms with Crippen molar-refractivity contribution >= 4 is 12.4 Å². The molecular formula is C8H15NO4. The summed E-state index contributed by atoms with van der Waals surface area (Å²) in [5.74, 6) is -1.04. The molecule has 5 heteroatoms. The molecule has 0 heterocycles. The summed E-state index contributed by atoms with van der Waals surface area (Å²) >= 11 is 0. The van der Waals surface area contributed by atoms with Crippen LogP contribution >= 0.6 is 0 Å². The van der Waals surface area contributed by atoms with Crippen molar-refractivity contribution in [2.75, 3.05) is 6.61 Å². The lowest BCUT2D eigenvalue weighted by molar-refractivity contribution is -0.141. The Morgan fingerprint density at radius 1 is 1.62 bits per heavy atom. The van der Waals surface area contributed by atoms with Crippen molar-refractivity contribution in [3.63, 3.8) is 0 Å². The zero-order chi connectivity index (χ0) is 10.3. The second-order valence-corrected chi connectivity index (χ2v) is 2.88. The van der Waals surface area contributed by atoms with E-state index in [0.29, 0.717) is 13.0 Å². The molecule has 76 valence electrons. The fourth-order valence-electron chi connectivity index (χ4n) is 0.782. The quantitative estimate of drug-likeness (QED) is 0.553. The van der Waals surface area contributed by atoms with E-state index >= 15 is 0 Å². The minimum Gasteiger partial charge on any atom is -0.480 e. The summed E-state index contributed by atoms with van der Waals surface area (Å²) in [7, 11) is 0. The molecule has 0 aliphatic carbocycles. The third kappa shape index (κ3) is 6.10. The van der Waals surface area contributed by atoms with Gasteiger partial charge in [0.25, 0.3) is 0 Å². The highest BCUT2D eigenvalue weighted by molar-refractivity contribution is 5.76. The number of hydrogen-bond acceptors (Lipinski definition) is 3. The van der Waals surface area contributed by atoms with E-state index in [0.717, 1.165) is 0 Å². The van der Waals surface area contributed by atoms with Gasteiger partial charge in [-0.25, -0.2) is 4.79 Å². The topological polar surface area (TPSA) is 75.6 Å². The number of carboxylic acids is 1. The van der Waals surface area contributed by atoms with Crippen LogP contribution in [0.1, 0.15) is 20.3 Å². The number of hydrogen-bond donors (Lipinski definition) is 2. The van der Waals surface area contributed by atoms with Crippen molar-refractivity contribution in [2.24, 2.45) is 0 Å². The van der Waals surface area contributed by atoms with Crippen LogP contribution < -0.4 is 5.32 Å². The first-order valence-electron chi connectivity index (χ1n) is 4.12. The number of carboxylic acid groups (broad SMARTS) is 1. The molecule has 1 unspecified atom stereocenters. The van der Waals surface area contributed by atoms with Gasteiger partial charge in [0.1, 0.15) is 6.04 Å². The molecule has 2 N–H and O–H groups in total. The van der Waals surface area contributed by atoms with E-state index in [4.69, 9.17) is 9.84 Å². The van der Waals surface area contributed by atoms with E-state index in [-0.39, 0.29) is 12.5 Å². The first-order valence-corrected chi connectivity index (χ1v) is 4.12. The summed E-state index contributed by atoms with van der Waals surface area (Å²) in [5, 5.41) is 10.8. The second kappa shape index (κ2) is 6.42. The lowest BCUT2D eigenvalue weighted by Gasteiger charge is -2.12. The summed E-state index contributed by atoms with van der Waals surface area (Å²) < 4.78 is 5.15. The van der Waals surface area contributed by atoms with Crippen LogP contribution in [-0.2, 0) is 14.3 Å². The Kier molecular flexibility index (Phi) is 5.88. The predicted molar refractivity (Wildman–Crippen MR) is 46.3 cm³/mol. The number of carbonyl (C=O) groups is 2. The van der Waals surface area contributed by atoms with Gasteiger partial charge in [0.2, 0.25) is 6.41 Å². The van der Waals surface area contributed by atoms with Crippen molar-refractivity contribution in [1.82, 2.24) is 5.32 Å². The number of carbonyl (C=O) groups excluding carboxylic acids is 1. The van der Waals surface area contributed by atoms with Crippen molar-refractivity contribution in [3.05, 3.63) is 0 Å². The van der Waals surface area contributed by atoms with Crippen LogP contribution in [0.2, 0.25) is 0 Å². The van der Waals surface area contributed by atoms with Crippen LogP contribution in [0, 0.1) is 0 Å². The van der Waals surface area contributed by atoms with E-state index in [2.05, 4.69) is 5.32 Å². The molecule has 1 amide bonds. The van der Waals surface area contributed by atoms with E-state index in [9.17, 15) is 9.59 Å². The van der Waals surface area contributed by atoms with E-state index in [1.165, 1.54) is 0 Å². The van der Waals surface area contributed by atoms with Crippen molar-refractivity contribution < 1.29 is 19.4 Å². The van der Waals surface area contributed by atoms with Gasteiger partial charge in [-0.3, -0.25) is 4.79 Å². The third-order valence-corrected chi connectivity index (χ3v) is 1.43. The molecule has 5 nitrogen and oxygen atoms in total. The highest BCUT2D eigenvalue weighted by Crippen LogP contribution is 1.95. The molecule has 1 atom stereocenters. The molecule has 0 fully saturated rings. The van der Waals surface area contributed by atoms with Gasteiger partial charge < -0.3 is 15.2 Å². The van der Waals surface area contributed by atoms with Crippen LogP contribution in [0.4, 0.5) is 0 Å². The van der Waals surface area contributed by atoms with Crippen LogP contribution in [0.5, 0.6) is 0 Å². The van der Waals surface area contributed by atoms with Gasteiger partial charge in [0.15, 0.2) is 0 Å². The van der Waals surface area contributed by atoms with Gasteiger partial charge in [-0.05, 0) is 13.8 Å². The summed E-state index contributed by atoms with van der Waals surface area (Å²) in [6.45, 7) is 4.06. The van der Waals surface area contributed by atoms with Crippen molar-refractivity contribution in [2.45, 2.75) is 32.4 Å². The lowest BCUT2D eigenvalue weighted by Crippen LogP contribution is -2.36. The fraction of sp³-hybridized carbons (Fsp3) is 0.750. The zero-order valence-corrected chi connectivity index (χ0v) is 7.82. The van der Waals surface area contributed by atoms with Crippen LogP contribution in [0.3, 0.4) is 0 Å². The maximum Gasteiger partial charge on any atom is 0.326 e. The molecule has 0 aromatic heterocycles. The van der Waals surface area contributed by atoms with Crippen LogP contribution in [-0.4, -0.2) is 36.2 Å². The molecule has 0 saturated carbocycles. The van der Waals surface area contributed by atoms with Gasteiger partial charge >= 0.3 is 5.97 Å². The smallest absolute Gasteiger partial charge is 0.326 e. The number of amides is 1. The standard InChI is InChI=1S/C8H15NO4/c1-6(2)13-4-3-7(8(11)12)9-5-10/h5-7H,3-4H2,1-2H3,(H,9,10)(H,11,12). The molecule has 0 bridgehead atoms. The van der Waals surface area contributed by atoms with E-state index in [1.54, 1.807) is 0 Å². The summed E-state index contributed by atoms with van der Waals surface area (Å²) in [6, 6.07) is -0.851. The molecule has 0 rings (SSSR count). The Balaban J connectivity index is 3.69. The summed E-state index contributed by atoms with van der Waals surface area (Å²) in [4.78, 5) is 20.5. The second-order valence-electron chi connectivity index (χ2n) is 2.88. The highest BCUT2D eigenvalue weighted by atomic mass is 16.5. The molecular weight excluding hydrogens is 174 g/mol. The Morgan fingerprint density at radius 2 is 2.23 bits per heavy atom. The zero-order valence-electron chi connectivity index (χ0n) is 7.82. The molecule has 0 radical (unpaired) electrons. The SMILES string of the molecule is CC(C)OCCC(NC=O)C(=O)O. The number of rotatable bonds is 7. The van der Waals surface area contributed by atoms with Crippen LogP contribution in [0.25, 0.3) is 0 Å². The molecule has 0 aliphatic rings. The average Bonchev–Trinajstić information content (AvgIpc) is 2.02. The Labute approximate surface area is 77.1 Å². The maximum atomic E-state index is 10.5. The first kappa shape index (κ1) is 11.9. The molecule has 0 spiro atoms. The average molecular weight is 189 g/mol. The normalized spacial score (nSPS) is 12.5. The number of ether oxygens (including phenoxy) is 1. The van der Waals surface area contributed by atoms with Gasteiger partial charge in [0, 0.05) is 13.0 Å². The third-order valence-electron chi connectivity index (χ3n) is 1.43. The lowest BCUT2D eigenvalue weighted by atomic mass is 10.2. The van der Waals surface area contributed by atoms with Crippen molar-refractivity contribution in [1.29, 1.82) is 0 Å². The fourth-order valence-corrected chi connectivity index (χ4v) is 0.782. The minimum atomic E-state index is -1.04. The van der Waals surface area contributed by atoms with Gasteiger partial charge in [-0.1, -0.05) is 0 Å². The number of nitrogens with one attached hydrogen (secondary N) is 1. The van der Waals surface area contributed by atoms with Gasteiger partial charge in [-0.2, -0.15) is 0 Å². The van der Waals surface area contributed by atoms with Gasteiger partial charge in [0.05, 0.1) is 6.10 Å². The Bertz CT molecular complexity index is 170. The monoisotopic (exact) mass is 189 g/mol. The van der Waals surface area contributed by atoms with E-state index < -0.39 is 12.0 Å². The number of aliphatic carboxylic acids is 1. The highest BCUT2D eigenvalue weighted by Gasteiger charge is 2.15. The largest absolute Gasteiger partial charge is 0.480 e. The Hall–Kier alpha value is -1.10. The summed E-state index contributed by atoms with van der Waals surface area (Å²) in [6.07, 6.45) is 0.742. The van der Waals surface area contributed by atoms with Gasteiger partial charge in [-0.15, -0.1) is 0 Å². The predicted octanol–water partition coefficient (Wildman–Crippen LogP) is 0.000700.